The summed E-state index contributed by atoms with van der Waals surface area (Å²) in [5.41, 5.74) is -0.648. The van der Waals surface area contributed by atoms with Gasteiger partial charge in [-0.15, -0.1) is 10.2 Å². The van der Waals surface area contributed by atoms with Gasteiger partial charge < -0.3 is 9.84 Å². The highest BCUT2D eigenvalue weighted by molar-refractivity contribution is 6.30. The van der Waals surface area contributed by atoms with Gasteiger partial charge in [-0.05, 0) is 31.2 Å². The van der Waals surface area contributed by atoms with Crippen molar-refractivity contribution in [3.05, 3.63) is 70.0 Å². The fourth-order valence-corrected chi connectivity index (χ4v) is 3.63. The summed E-state index contributed by atoms with van der Waals surface area (Å²) < 4.78 is 47.4. The van der Waals surface area contributed by atoms with Gasteiger partial charge in [-0.1, -0.05) is 11.6 Å². The highest BCUT2D eigenvalue weighted by atomic mass is 35.5. The maximum atomic E-state index is 13.1. The SMILES string of the molecule is CC(=O)O[C@@H](C)c1nc(Cn2nc(-c3ccc(Cl)cc3)n(C[C@H](O)C(F)(F)F)c2=O)nn1-c1cnccn1. The molecule has 38 heavy (non-hydrogen) atoms. The molecule has 0 aliphatic carbocycles. The monoisotopic (exact) mass is 552 g/mol. The Hall–Kier alpha value is -4.11. The van der Waals surface area contributed by atoms with Crippen molar-refractivity contribution in [1.29, 1.82) is 0 Å². The van der Waals surface area contributed by atoms with Crippen molar-refractivity contribution in [3.8, 4) is 17.2 Å². The zero-order valence-corrected chi connectivity index (χ0v) is 20.6. The number of nitrogens with zero attached hydrogens (tertiary/aromatic N) is 8. The molecule has 1 N–H and O–H groups in total. The number of esters is 1. The number of halogens is 4. The third-order valence-electron chi connectivity index (χ3n) is 5.20. The molecule has 2 atom stereocenters. The van der Waals surface area contributed by atoms with Crippen molar-refractivity contribution in [2.75, 3.05) is 0 Å². The minimum absolute atomic E-state index is 0.0235. The second-order valence-corrected chi connectivity index (χ2v) is 8.49. The molecule has 12 nitrogen and oxygen atoms in total. The van der Waals surface area contributed by atoms with Crippen LogP contribution >= 0.6 is 11.6 Å². The first-order valence-corrected chi connectivity index (χ1v) is 11.4. The Morgan fingerprint density at radius 3 is 2.50 bits per heavy atom. The number of carbonyl (C=O) groups is 1. The number of carbonyl (C=O) groups excluding carboxylic acids is 1. The Labute approximate surface area is 217 Å². The maximum absolute atomic E-state index is 13.1. The lowest BCUT2D eigenvalue weighted by Gasteiger charge is -2.15. The van der Waals surface area contributed by atoms with Gasteiger partial charge >= 0.3 is 17.8 Å². The summed E-state index contributed by atoms with van der Waals surface area (Å²) in [6, 6.07) is 5.92. The molecular formula is C22H20ClF3N8O4. The van der Waals surface area contributed by atoms with E-state index in [0.717, 1.165) is 4.68 Å². The lowest BCUT2D eigenvalue weighted by Crippen LogP contribution is -2.37. The third-order valence-corrected chi connectivity index (χ3v) is 5.45. The van der Waals surface area contributed by atoms with Crippen LogP contribution in [0.2, 0.25) is 5.02 Å². The van der Waals surface area contributed by atoms with E-state index in [1.54, 1.807) is 6.92 Å². The van der Waals surface area contributed by atoms with E-state index in [1.807, 2.05) is 0 Å². The summed E-state index contributed by atoms with van der Waals surface area (Å²) >= 11 is 5.91. The fraction of sp³-hybridized carbons (Fsp3) is 0.318. The van der Waals surface area contributed by atoms with Crippen LogP contribution in [0, 0.1) is 0 Å². The molecule has 3 heterocycles. The van der Waals surface area contributed by atoms with Crippen molar-refractivity contribution < 1.29 is 27.8 Å². The molecule has 0 fully saturated rings. The van der Waals surface area contributed by atoms with Crippen molar-refractivity contribution in [2.45, 2.75) is 45.3 Å². The minimum atomic E-state index is -4.96. The molecule has 0 bridgehead atoms. The number of rotatable bonds is 8. The molecule has 1 aromatic carbocycles. The van der Waals surface area contributed by atoms with Crippen molar-refractivity contribution >= 4 is 17.6 Å². The van der Waals surface area contributed by atoms with Crippen LogP contribution in [-0.4, -0.2) is 62.4 Å². The van der Waals surface area contributed by atoms with Gasteiger partial charge in [-0.2, -0.15) is 17.9 Å². The molecule has 4 rings (SSSR count). The molecule has 16 heteroatoms. The van der Waals surface area contributed by atoms with E-state index in [9.17, 15) is 27.9 Å². The second-order valence-electron chi connectivity index (χ2n) is 8.05. The van der Waals surface area contributed by atoms with Crippen LogP contribution in [0.15, 0.2) is 47.7 Å². The van der Waals surface area contributed by atoms with Gasteiger partial charge in [0, 0.05) is 29.9 Å². The van der Waals surface area contributed by atoms with E-state index in [4.69, 9.17) is 16.3 Å². The highest BCUT2D eigenvalue weighted by Gasteiger charge is 2.39. The van der Waals surface area contributed by atoms with Crippen LogP contribution in [0.3, 0.4) is 0 Å². The van der Waals surface area contributed by atoms with E-state index in [-0.39, 0.29) is 29.8 Å². The van der Waals surface area contributed by atoms with Crippen molar-refractivity contribution in [3.63, 3.8) is 0 Å². The van der Waals surface area contributed by atoms with E-state index < -0.39 is 36.6 Å². The topological polar surface area (TPSA) is 143 Å². The lowest BCUT2D eigenvalue weighted by molar-refractivity contribution is -0.207. The van der Waals surface area contributed by atoms with Crippen molar-refractivity contribution in [1.82, 2.24) is 39.1 Å². The Morgan fingerprint density at radius 1 is 1.18 bits per heavy atom. The number of benzene rings is 1. The summed E-state index contributed by atoms with van der Waals surface area (Å²) in [5, 5.41) is 18.5. The fourth-order valence-electron chi connectivity index (χ4n) is 3.50. The summed E-state index contributed by atoms with van der Waals surface area (Å²) in [4.78, 5) is 37.1. The average Bonchev–Trinajstić information content (AvgIpc) is 3.41. The first kappa shape index (κ1) is 26.9. The van der Waals surface area contributed by atoms with E-state index >= 15 is 0 Å². The zero-order chi connectivity index (χ0) is 27.6. The number of alkyl halides is 3. The predicted octanol–water partition coefficient (Wildman–Crippen LogP) is 2.33. The Kier molecular flexibility index (Phi) is 7.59. The first-order chi connectivity index (χ1) is 17.9. The Morgan fingerprint density at radius 2 is 1.89 bits per heavy atom. The van der Waals surface area contributed by atoms with Crippen LogP contribution in [-0.2, 0) is 22.6 Å². The molecule has 0 aliphatic heterocycles. The summed E-state index contributed by atoms with van der Waals surface area (Å²) in [7, 11) is 0. The molecule has 0 amide bonds. The molecule has 4 aromatic rings. The molecule has 200 valence electrons. The quantitative estimate of drug-likeness (QED) is 0.326. The molecule has 3 aromatic heterocycles. The number of aliphatic hydroxyl groups excluding tert-OH is 1. The highest BCUT2D eigenvalue weighted by Crippen LogP contribution is 2.24. The van der Waals surface area contributed by atoms with Gasteiger partial charge in [0.2, 0.25) is 0 Å². The molecule has 0 radical (unpaired) electrons. The molecule has 0 saturated carbocycles. The zero-order valence-electron chi connectivity index (χ0n) is 19.9. The Balaban J connectivity index is 1.77. The molecule has 0 spiro atoms. The van der Waals surface area contributed by atoms with Crippen LogP contribution in [0.4, 0.5) is 13.2 Å². The van der Waals surface area contributed by atoms with Crippen LogP contribution in [0.5, 0.6) is 0 Å². The average molecular weight is 553 g/mol. The summed E-state index contributed by atoms with van der Waals surface area (Å²) in [5.74, 6) is -0.271. The number of hydrogen-bond donors (Lipinski definition) is 1. The third kappa shape index (κ3) is 5.89. The van der Waals surface area contributed by atoms with Crippen LogP contribution in [0.25, 0.3) is 17.2 Å². The van der Waals surface area contributed by atoms with Gasteiger partial charge in [0.05, 0.1) is 12.7 Å². The van der Waals surface area contributed by atoms with Gasteiger partial charge in [-0.25, -0.2) is 19.4 Å². The number of aliphatic hydroxyl groups is 1. The predicted molar refractivity (Wildman–Crippen MR) is 125 cm³/mol. The van der Waals surface area contributed by atoms with Gasteiger partial charge in [0.25, 0.3) is 0 Å². The largest absolute Gasteiger partial charge is 0.455 e. The first-order valence-electron chi connectivity index (χ1n) is 11.0. The normalized spacial score (nSPS) is 13.3. The van der Waals surface area contributed by atoms with E-state index in [0.29, 0.717) is 15.2 Å². The van der Waals surface area contributed by atoms with Gasteiger partial charge in [0.1, 0.15) is 6.54 Å². The number of hydrogen-bond acceptors (Lipinski definition) is 9. The van der Waals surface area contributed by atoms with E-state index in [2.05, 4.69) is 25.1 Å². The Bertz CT molecular complexity index is 1490. The van der Waals surface area contributed by atoms with E-state index in [1.165, 1.54) is 54.5 Å². The molecule has 0 saturated heterocycles. The van der Waals surface area contributed by atoms with Crippen LogP contribution in [0.1, 0.15) is 31.6 Å². The van der Waals surface area contributed by atoms with Gasteiger partial charge in [-0.3, -0.25) is 14.3 Å². The lowest BCUT2D eigenvalue weighted by atomic mass is 10.2. The standard InChI is InChI=1S/C22H20ClF3N8O4/c1-12(38-13(2)35)19-29-17(30-34(19)18-9-27-7-8-28-18)11-33-21(37)32(10-16(36)22(24,25)26)20(31-33)14-3-5-15(23)6-4-14/h3-9,12,16,36H,10-11H2,1-2H3/t12-,16-/m0/s1. The number of ether oxygens (including phenoxy) is 1. The summed E-state index contributed by atoms with van der Waals surface area (Å²) in [6.07, 6.45) is -4.40. The summed E-state index contributed by atoms with van der Waals surface area (Å²) in [6.45, 7) is 1.33. The van der Waals surface area contributed by atoms with Gasteiger partial charge in [0.15, 0.2) is 35.5 Å². The number of aromatic nitrogens is 8. The minimum Gasteiger partial charge on any atom is -0.455 e. The maximum Gasteiger partial charge on any atom is 0.416 e. The molecular weight excluding hydrogens is 533 g/mol. The smallest absolute Gasteiger partial charge is 0.416 e. The van der Waals surface area contributed by atoms with Crippen molar-refractivity contribution in [2.24, 2.45) is 0 Å². The second kappa shape index (κ2) is 10.7. The molecule has 0 aliphatic rings. The molecule has 0 unspecified atom stereocenters. The van der Waals surface area contributed by atoms with Crippen LogP contribution < -0.4 is 5.69 Å².